The third kappa shape index (κ3) is 1.94. The van der Waals surface area contributed by atoms with Crippen LogP contribution in [0.1, 0.15) is 30.0 Å². The van der Waals surface area contributed by atoms with Crippen LogP contribution in [0.2, 0.25) is 0 Å². The minimum Gasteiger partial charge on any atom is -0.489 e. The fourth-order valence-corrected chi connectivity index (χ4v) is 2.94. The van der Waals surface area contributed by atoms with Gasteiger partial charge in [-0.25, -0.2) is 0 Å². The van der Waals surface area contributed by atoms with E-state index in [-0.39, 0.29) is 6.04 Å². The maximum absolute atomic E-state index is 6.09. The first-order valence-electron chi connectivity index (χ1n) is 5.96. The Morgan fingerprint density at radius 2 is 2.19 bits per heavy atom. The summed E-state index contributed by atoms with van der Waals surface area (Å²) in [5, 5.41) is 0. The van der Waals surface area contributed by atoms with Crippen molar-refractivity contribution in [3.8, 4) is 5.75 Å². The van der Waals surface area contributed by atoms with Crippen molar-refractivity contribution in [1.82, 2.24) is 0 Å². The zero-order valence-electron chi connectivity index (χ0n) is 9.32. The van der Waals surface area contributed by atoms with E-state index < -0.39 is 0 Å². The molecule has 16 heavy (non-hydrogen) atoms. The van der Waals surface area contributed by atoms with Crippen LogP contribution in [-0.4, -0.2) is 17.6 Å². The minimum atomic E-state index is 0.233. The van der Waals surface area contributed by atoms with Crippen LogP contribution in [0, 0.1) is 0 Å². The highest BCUT2D eigenvalue weighted by Gasteiger charge is 2.21. The second-order valence-electron chi connectivity index (χ2n) is 4.64. The molecule has 2 N–H and O–H groups in total. The van der Waals surface area contributed by atoms with Crippen LogP contribution in [0.4, 0.5) is 0 Å². The molecule has 1 aromatic rings. The van der Waals surface area contributed by atoms with Crippen LogP contribution < -0.4 is 10.5 Å². The van der Waals surface area contributed by atoms with Gasteiger partial charge in [0.2, 0.25) is 0 Å². The lowest BCUT2D eigenvalue weighted by atomic mass is 9.88. The number of hydrogen-bond donors (Lipinski definition) is 1. The van der Waals surface area contributed by atoms with Gasteiger partial charge in [-0.2, -0.15) is 11.8 Å². The number of rotatable bonds is 2. The molecule has 0 spiro atoms. The number of nitrogens with two attached hydrogens (primary N) is 1. The highest BCUT2D eigenvalue weighted by molar-refractivity contribution is 8.00. The van der Waals surface area contributed by atoms with Crippen molar-refractivity contribution in [3.05, 3.63) is 29.3 Å². The van der Waals surface area contributed by atoms with Crippen LogP contribution in [0.15, 0.2) is 18.2 Å². The summed E-state index contributed by atoms with van der Waals surface area (Å²) < 4.78 is 5.89. The van der Waals surface area contributed by atoms with Crippen LogP contribution in [-0.2, 0) is 6.42 Å². The number of benzene rings is 1. The summed E-state index contributed by atoms with van der Waals surface area (Å²) in [7, 11) is 0. The summed E-state index contributed by atoms with van der Waals surface area (Å²) in [6.45, 7) is 0. The molecule has 3 rings (SSSR count). The zero-order chi connectivity index (χ0) is 11.0. The molecule has 1 atom stereocenters. The van der Waals surface area contributed by atoms with Crippen molar-refractivity contribution < 1.29 is 4.74 Å². The van der Waals surface area contributed by atoms with Gasteiger partial charge in [0.25, 0.3) is 0 Å². The fraction of sp³-hybridized carbons (Fsp3) is 0.538. The molecular formula is C13H17NOS. The van der Waals surface area contributed by atoms with Gasteiger partial charge in [-0.1, -0.05) is 6.07 Å². The van der Waals surface area contributed by atoms with Crippen LogP contribution >= 0.6 is 11.8 Å². The molecule has 1 saturated heterocycles. The van der Waals surface area contributed by atoms with E-state index in [4.69, 9.17) is 10.5 Å². The second kappa shape index (κ2) is 4.30. The van der Waals surface area contributed by atoms with E-state index in [9.17, 15) is 0 Å². The summed E-state index contributed by atoms with van der Waals surface area (Å²) >= 11 is 1.95. The average molecular weight is 235 g/mol. The third-order valence-corrected chi connectivity index (χ3v) is 4.60. The molecule has 0 amide bonds. The predicted molar refractivity (Wildman–Crippen MR) is 68.0 cm³/mol. The number of aryl methyl sites for hydroxylation is 1. The van der Waals surface area contributed by atoms with Crippen LogP contribution in [0.3, 0.4) is 0 Å². The lowest BCUT2D eigenvalue weighted by Crippen LogP contribution is -2.31. The van der Waals surface area contributed by atoms with Crippen molar-refractivity contribution in [1.29, 1.82) is 0 Å². The molecule has 3 heteroatoms. The van der Waals surface area contributed by atoms with Gasteiger partial charge in [-0.15, -0.1) is 0 Å². The Kier molecular flexibility index (Phi) is 2.82. The van der Waals surface area contributed by atoms with E-state index in [0.29, 0.717) is 6.10 Å². The van der Waals surface area contributed by atoms with E-state index in [1.54, 1.807) is 0 Å². The van der Waals surface area contributed by atoms with E-state index in [1.165, 1.54) is 17.5 Å². The van der Waals surface area contributed by atoms with E-state index >= 15 is 0 Å². The van der Waals surface area contributed by atoms with Crippen LogP contribution in [0.25, 0.3) is 0 Å². The molecular weight excluding hydrogens is 218 g/mol. The van der Waals surface area contributed by atoms with Gasteiger partial charge in [0, 0.05) is 17.5 Å². The molecule has 0 radical (unpaired) electrons. The normalized spacial score (nSPS) is 24.7. The molecule has 86 valence electrons. The first-order chi connectivity index (χ1) is 7.83. The van der Waals surface area contributed by atoms with E-state index in [1.807, 2.05) is 11.8 Å². The molecule has 2 aliphatic rings. The number of fused-ring (bicyclic) bond motifs is 1. The Morgan fingerprint density at radius 1 is 1.31 bits per heavy atom. The van der Waals surface area contributed by atoms with E-state index in [2.05, 4.69) is 18.2 Å². The summed E-state index contributed by atoms with van der Waals surface area (Å²) in [5.74, 6) is 3.30. The predicted octanol–water partition coefficient (Wildman–Crippen LogP) is 2.52. The second-order valence-corrected chi connectivity index (χ2v) is 5.71. The van der Waals surface area contributed by atoms with Crippen LogP contribution in [0.5, 0.6) is 5.75 Å². The van der Waals surface area contributed by atoms with E-state index in [0.717, 1.165) is 30.1 Å². The summed E-state index contributed by atoms with van der Waals surface area (Å²) in [6.07, 6.45) is 3.91. The quantitative estimate of drug-likeness (QED) is 0.855. The lowest BCUT2D eigenvalue weighted by Gasteiger charge is -2.27. The highest BCUT2D eigenvalue weighted by atomic mass is 32.2. The molecule has 1 aliphatic carbocycles. The van der Waals surface area contributed by atoms with Gasteiger partial charge in [-0.3, -0.25) is 0 Å². The Labute approximate surface area is 101 Å². The molecule has 0 bridgehead atoms. The number of ether oxygens (including phenoxy) is 1. The monoisotopic (exact) mass is 235 g/mol. The largest absolute Gasteiger partial charge is 0.489 e. The van der Waals surface area contributed by atoms with Crippen molar-refractivity contribution >= 4 is 11.8 Å². The van der Waals surface area contributed by atoms with Crippen molar-refractivity contribution in [2.24, 2.45) is 5.73 Å². The molecule has 1 fully saturated rings. The smallest absolute Gasteiger partial charge is 0.120 e. The Bertz CT molecular complexity index is 390. The summed E-state index contributed by atoms with van der Waals surface area (Å²) in [4.78, 5) is 0. The number of hydrogen-bond acceptors (Lipinski definition) is 3. The van der Waals surface area contributed by atoms with Gasteiger partial charge in [0.15, 0.2) is 0 Å². The van der Waals surface area contributed by atoms with Crippen molar-refractivity contribution in [2.75, 3.05) is 11.5 Å². The third-order valence-electron chi connectivity index (χ3n) is 3.39. The molecule has 1 heterocycles. The first-order valence-corrected chi connectivity index (χ1v) is 7.11. The minimum absolute atomic E-state index is 0.233. The van der Waals surface area contributed by atoms with Gasteiger partial charge in [-0.05, 0) is 42.5 Å². The molecule has 1 aliphatic heterocycles. The molecule has 1 unspecified atom stereocenters. The maximum atomic E-state index is 6.09. The molecule has 0 aromatic heterocycles. The summed E-state index contributed by atoms with van der Waals surface area (Å²) in [5.41, 5.74) is 8.80. The molecule has 2 nitrogen and oxygen atoms in total. The lowest BCUT2D eigenvalue weighted by molar-refractivity contribution is 0.240. The molecule has 1 aromatic carbocycles. The SMILES string of the molecule is NC1CCCc2cc(OC3CSC3)ccc21. The first kappa shape index (κ1) is 10.5. The van der Waals surface area contributed by atoms with Gasteiger partial charge >= 0.3 is 0 Å². The van der Waals surface area contributed by atoms with Crippen molar-refractivity contribution in [2.45, 2.75) is 31.4 Å². The van der Waals surface area contributed by atoms with Gasteiger partial charge in [0.05, 0.1) is 0 Å². The number of thioether (sulfide) groups is 1. The van der Waals surface area contributed by atoms with Gasteiger partial charge in [0.1, 0.15) is 11.9 Å². The average Bonchev–Trinajstić information content (AvgIpc) is 2.24. The Morgan fingerprint density at radius 3 is 2.94 bits per heavy atom. The highest BCUT2D eigenvalue weighted by Crippen LogP contribution is 2.32. The van der Waals surface area contributed by atoms with Gasteiger partial charge < -0.3 is 10.5 Å². The zero-order valence-corrected chi connectivity index (χ0v) is 10.1. The maximum Gasteiger partial charge on any atom is 0.120 e. The van der Waals surface area contributed by atoms with Crippen molar-refractivity contribution in [3.63, 3.8) is 0 Å². The Balaban J connectivity index is 1.80. The Hall–Kier alpha value is -0.670. The molecule has 0 saturated carbocycles. The fourth-order valence-electron chi connectivity index (χ4n) is 2.38. The standard InChI is InChI=1S/C13H17NOS/c14-13-3-1-2-9-6-10(4-5-12(9)13)15-11-7-16-8-11/h4-6,11,13H,1-3,7-8,14H2. The topological polar surface area (TPSA) is 35.2 Å². The summed E-state index contributed by atoms with van der Waals surface area (Å²) in [6, 6.07) is 6.65.